The molecule has 0 spiro atoms. The number of hydrogen-bond acceptors (Lipinski definition) is 10. The first-order chi connectivity index (χ1) is 23.5. The van der Waals surface area contributed by atoms with Gasteiger partial charge in [-0.1, -0.05) is 24.3 Å². The number of tetrazole rings is 1. The molecule has 0 radical (unpaired) electrons. The lowest BCUT2D eigenvalue weighted by molar-refractivity contribution is -0.127. The van der Waals surface area contributed by atoms with Crippen molar-refractivity contribution in [3.63, 3.8) is 0 Å². The Morgan fingerprint density at radius 2 is 1.65 bits per heavy atom. The molecule has 1 atom stereocenters. The largest absolute Gasteiger partial charge is 0.379 e. The number of rotatable bonds is 13. The van der Waals surface area contributed by atoms with Crippen molar-refractivity contribution in [1.29, 1.82) is 0 Å². The Morgan fingerprint density at radius 1 is 0.959 bits per heavy atom. The molecule has 3 heterocycles. The molecule has 6 rings (SSSR count). The van der Waals surface area contributed by atoms with E-state index in [1.54, 1.807) is 4.90 Å². The molecule has 1 saturated carbocycles. The number of benzene rings is 2. The second kappa shape index (κ2) is 17.3. The highest BCUT2D eigenvalue weighted by Gasteiger charge is 2.36. The number of nitrogens with one attached hydrogen (secondary N) is 2. The lowest BCUT2D eigenvalue weighted by atomic mass is 9.81. The van der Waals surface area contributed by atoms with Crippen LogP contribution in [0.1, 0.15) is 31.2 Å². The molecule has 6 N–H and O–H groups in total. The number of carbonyl (C=O) groups is 2. The number of H-pyrrole nitrogens is 1. The summed E-state index contributed by atoms with van der Waals surface area (Å²) >= 11 is 0. The first kappa shape index (κ1) is 35.9. The van der Waals surface area contributed by atoms with E-state index in [4.69, 9.17) is 16.2 Å². The van der Waals surface area contributed by atoms with E-state index < -0.39 is 11.9 Å². The van der Waals surface area contributed by atoms with Crippen LogP contribution in [0.15, 0.2) is 66.9 Å². The van der Waals surface area contributed by atoms with Crippen molar-refractivity contribution in [2.45, 2.75) is 38.1 Å². The van der Waals surface area contributed by atoms with Gasteiger partial charge in [0.1, 0.15) is 11.9 Å². The minimum Gasteiger partial charge on any atom is -0.379 e. The first-order valence-corrected chi connectivity index (χ1v) is 16.7. The third-order valence-corrected chi connectivity index (χ3v) is 9.47. The zero-order valence-corrected chi connectivity index (χ0v) is 28.4. The van der Waals surface area contributed by atoms with E-state index >= 15 is 0 Å². The summed E-state index contributed by atoms with van der Waals surface area (Å²) < 4.78 is 5.42. The predicted molar refractivity (Wildman–Crippen MR) is 191 cm³/mol. The fourth-order valence-electron chi connectivity index (χ4n) is 6.57. The maximum absolute atomic E-state index is 14.2. The van der Waals surface area contributed by atoms with E-state index in [9.17, 15) is 9.59 Å². The SMILES string of the molecule is Cl.NCC1CCC(C(=O)N(c2ccc(-c3nn[nH]n3)cc2)[C@@H](Cc2ccc(-c3ccc(NCCN4CCOCC4)nc3)cc2)C(N)=O)CC1. The summed E-state index contributed by atoms with van der Waals surface area (Å²) in [7, 11) is 0. The Bertz CT molecular complexity index is 1610. The molecule has 2 aromatic carbocycles. The lowest BCUT2D eigenvalue weighted by Gasteiger charge is -2.35. The van der Waals surface area contributed by atoms with E-state index in [0.29, 0.717) is 24.0 Å². The summed E-state index contributed by atoms with van der Waals surface area (Å²) in [5, 5.41) is 17.6. The second-order valence-corrected chi connectivity index (χ2v) is 12.6. The fraction of sp³-hybridized carbons (Fsp3) is 0.429. The number of anilines is 2. The van der Waals surface area contributed by atoms with Gasteiger partial charge in [0.25, 0.3) is 0 Å². The number of morpholine rings is 1. The topological polar surface area (TPSA) is 181 Å². The van der Waals surface area contributed by atoms with Crippen molar-refractivity contribution in [1.82, 2.24) is 30.5 Å². The zero-order chi connectivity index (χ0) is 33.3. The van der Waals surface area contributed by atoms with Gasteiger partial charge < -0.3 is 21.5 Å². The van der Waals surface area contributed by atoms with E-state index in [-0.39, 0.29) is 30.7 Å². The molecule has 14 heteroatoms. The number of nitrogens with two attached hydrogens (primary N) is 2. The molecule has 1 saturated heterocycles. The molecular weight excluding hydrogens is 644 g/mol. The van der Waals surface area contributed by atoms with Gasteiger partial charge in [-0.3, -0.25) is 19.4 Å². The van der Waals surface area contributed by atoms with Crippen molar-refractivity contribution in [2.24, 2.45) is 23.3 Å². The van der Waals surface area contributed by atoms with Crippen LogP contribution in [0.2, 0.25) is 0 Å². The van der Waals surface area contributed by atoms with Crippen molar-refractivity contribution >= 4 is 35.7 Å². The van der Waals surface area contributed by atoms with E-state index in [0.717, 1.165) is 93.1 Å². The van der Waals surface area contributed by atoms with Crippen LogP contribution in [0.5, 0.6) is 0 Å². The highest BCUT2D eigenvalue weighted by molar-refractivity contribution is 6.01. The summed E-state index contributed by atoms with van der Waals surface area (Å²) in [5.41, 5.74) is 16.2. The first-order valence-electron chi connectivity index (χ1n) is 16.7. The highest BCUT2D eigenvalue weighted by Crippen LogP contribution is 2.33. The molecule has 13 nitrogen and oxygen atoms in total. The van der Waals surface area contributed by atoms with Crippen LogP contribution in [-0.2, 0) is 20.7 Å². The van der Waals surface area contributed by atoms with E-state index in [1.807, 2.05) is 66.9 Å². The summed E-state index contributed by atoms with van der Waals surface area (Å²) in [6.45, 7) is 5.89. The molecule has 2 aliphatic rings. The third kappa shape index (κ3) is 9.18. The lowest BCUT2D eigenvalue weighted by Crippen LogP contribution is -2.52. The smallest absolute Gasteiger partial charge is 0.240 e. The number of aromatic amines is 1. The van der Waals surface area contributed by atoms with Crippen LogP contribution >= 0.6 is 12.4 Å². The number of aromatic nitrogens is 5. The summed E-state index contributed by atoms with van der Waals surface area (Å²) in [4.78, 5) is 35.9. The maximum atomic E-state index is 14.2. The molecule has 49 heavy (non-hydrogen) atoms. The van der Waals surface area contributed by atoms with Gasteiger partial charge in [0.15, 0.2) is 0 Å². The average molecular weight is 689 g/mol. The van der Waals surface area contributed by atoms with Crippen LogP contribution in [0.3, 0.4) is 0 Å². The van der Waals surface area contributed by atoms with Crippen molar-refractivity contribution in [3.8, 4) is 22.5 Å². The van der Waals surface area contributed by atoms with Gasteiger partial charge in [0, 0.05) is 61.5 Å². The molecular formula is C35H45ClN10O3. The van der Waals surface area contributed by atoms with Gasteiger partial charge in [-0.05, 0) is 90.9 Å². The quantitative estimate of drug-likeness (QED) is 0.163. The standard InChI is InChI=1S/C35H44N10O3.ClH/c36-22-25-3-7-28(8-4-25)35(47)45(30-12-9-27(10-13-30)34-40-42-43-41-34)31(33(37)46)21-24-1-5-26(6-2-24)29-11-14-32(39-23-29)38-15-16-44-17-19-48-20-18-44;/h1-2,5-6,9-14,23,25,28,31H,3-4,7-8,15-22,36H2,(H2,37,46)(H,38,39)(H,40,41,42,43);1H/t25?,28?,31-;/m0./s1. The van der Waals surface area contributed by atoms with Crippen LogP contribution < -0.4 is 21.7 Å². The van der Waals surface area contributed by atoms with Gasteiger partial charge in [-0.15, -0.1) is 22.6 Å². The van der Waals surface area contributed by atoms with Crippen molar-refractivity contribution in [3.05, 3.63) is 72.4 Å². The molecule has 0 bridgehead atoms. The maximum Gasteiger partial charge on any atom is 0.240 e. The van der Waals surface area contributed by atoms with Gasteiger partial charge in [0.2, 0.25) is 17.6 Å². The normalized spacial score (nSPS) is 18.6. The number of halogens is 1. The molecule has 0 unspecified atom stereocenters. The molecule has 2 amide bonds. The minimum atomic E-state index is -0.879. The summed E-state index contributed by atoms with van der Waals surface area (Å²) in [6.07, 6.45) is 5.37. The average Bonchev–Trinajstić information content (AvgIpc) is 3.68. The number of ether oxygens (including phenoxy) is 1. The van der Waals surface area contributed by atoms with Crippen molar-refractivity contribution in [2.75, 3.05) is 56.2 Å². The predicted octanol–water partition coefficient (Wildman–Crippen LogP) is 3.29. The Kier molecular flexibility index (Phi) is 12.7. The number of pyridine rings is 1. The van der Waals surface area contributed by atoms with Crippen LogP contribution in [0.25, 0.3) is 22.5 Å². The molecule has 1 aliphatic heterocycles. The van der Waals surface area contributed by atoms with Gasteiger partial charge in [-0.2, -0.15) is 5.21 Å². The zero-order valence-electron chi connectivity index (χ0n) is 27.5. The highest BCUT2D eigenvalue weighted by atomic mass is 35.5. The van der Waals surface area contributed by atoms with E-state index in [1.165, 1.54) is 0 Å². The fourth-order valence-corrected chi connectivity index (χ4v) is 6.57. The number of hydrogen-bond donors (Lipinski definition) is 4. The molecule has 4 aromatic rings. The molecule has 2 aromatic heterocycles. The van der Waals surface area contributed by atoms with E-state index in [2.05, 4.69) is 35.8 Å². The second-order valence-electron chi connectivity index (χ2n) is 12.6. The Hall–Kier alpha value is -4.43. The third-order valence-electron chi connectivity index (χ3n) is 9.47. The number of carbonyl (C=O) groups excluding carboxylic acids is 2. The minimum absolute atomic E-state index is 0. The number of amides is 2. The number of primary amides is 1. The van der Waals surface area contributed by atoms with Crippen LogP contribution in [0.4, 0.5) is 11.5 Å². The summed E-state index contributed by atoms with van der Waals surface area (Å²) in [6, 6.07) is 18.4. The Balaban J connectivity index is 0.00000468. The monoisotopic (exact) mass is 688 g/mol. The molecule has 260 valence electrons. The molecule has 1 aliphatic carbocycles. The van der Waals surface area contributed by atoms with Crippen molar-refractivity contribution < 1.29 is 14.3 Å². The van der Waals surface area contributed by atoms with Gasteiger partial charge in [-0.25, -0.2) is 4.98 Å². The van der Waals surface area contributed by atoms with Gasteiger partial charge >= 0.3 is 0 Å². The summed E-state index contributed by atoms with van der Waals surface area (Å²) in [5.74, 6) is 0.827. The van der Waals surface area contributed by atoms with Gasteiger partial charge in [0.05, 0.1) is 13.2 Å². The number of nitrogens with zero attached hydrogens (tertiary/aromatic N) is 6. The van der Waals surface area contributed by atoms with Crippen LogP contribution in [-0.4, -0.2) is 94.3 Å². The Morgan fingerprint density at radius 3 is 2.27 bits per heavy atom. The Labute approximate surface area is 292 Å². The molecule has 2 fully saturated rings. The van der Waals surface area contributed by atoms with Crippen LogP contribution in [0, 0.1) is 11.8 Å².